The molecule has 0 radical (unpaired) electrons. The highest BCUT2D eigenvalue weighted by Crippen LogP contribution is 2.65. The standard InChI is InChI=1S/C11H6Cl3F3O3/c12-5-3-4(1-2-6(5)20-11(15,16)17)7-8(9(18)19)10(7,13)14/h1-3,7-8H,(H,18,19)/t7-,8+/m0/s1. The maximum Gasteiger partial charge on any atom is 0.573 e. The number of ether oxygens (including phenoxy) is 1. The zero-order chi connectivity index (χ0) is 15.3. The molecule has 1 fully saturated rings. The molecule has 1 aliphatic carbocycles. The highest BCUT2D eigenvalue weighted by molar-refractivity contribution is 6.53. The van der Waals surface area contributed by atoms with Crippen molar-refractivity contribution >= 4 is 40.8 Å². The third-order valence-electron chi connectivity index (χ3n) is 2.86. The molecule has 0 saturated heterocycles. The number of rotatable bonds is 3. The van der Waals surface area contributed by atoms with Crippen molar-refractivity contribution in [2.75, 3.05) is 0 Å². The predicted octanol–water partition coefficient (Wildman–Crippen LogP) is 4.21. The minimum absolute atomic E-state index is 0.306. The number of hydrogen-bond donors (Lipinski definition) is 1. The Kier molecular flexibility index (Phi) is 3.77. The second-order valence-electron chi connectivity index (χ2n) is 4.21. The zero-order valence-corrected chi connectivity index (χ0v) is 11.7. The maximum absolute atomic E-state index is 12.1. The van der Waals surface area contributed by atoms with Crippen molar-refractivity contribution in [3.8, 4) is 5.75 Å². The van der Waals surface area contributed by atoms with Gasteiger partial charge in [0.1, 0.15) is 10.1 Å². The fourth-order valence-electron chi connectivity index (χ4n) is 1.97. The summed E-state index contributed by atoms with van der Waals surface area (Å²) in [4.78, 5) is 10.9. The van der Waals surface area contributed by atoms with Gasteiger partial charge in [0, 0.05) is 5.92 Å². The average molecular weight is 350 g/mol. The molecule has 1 aliphatic rings. The number of alkyl halides is 5. The smallest absolute Gasteiger partial charge is 0.481 e. The molecule has 2 atom stereocenters. The summed E-state index contributed by atoms with van der Waals surface area (Å²) < 4.78 is 38.5. The predicted molar refractivity (Wildman–Crippen MR) is 66.4 cm³/mol. The number of carboxylic acid groups (broad SMARTS) is 1. The normalized spacial score (nSPS) is 24.3. The van der Waals surface area contributed by atoms with E-state index in [-0.39, 0.29) is 5.02 Å². The van der Waals surface area contributed by atoms with Crippen LogP contribution in [0, 0.1) is 5.92 Å². The summed E-state index contributed by atoms with van der Waals surface area (Å²) in [6, 6.07) is 3.40. The van der Waals surface area contributed by atoms with Gasteiger partial charge in [-0.15, -0.1) is 13.2 Å². The van der Waals surface area contributed by atoms with Crippen molar-refractivity contribution in [1.29, 1.82) is 0 Å². The SMILES string of the molecule is O=C(O)[C@H]1[C@H](c2ccc(OC(F)(F)F)c(Cl)c2)C1(Cl)Cl. The summed E-state index contributed by atoms with van der Waals surface area (Å²) in [7, 11) is 0. The lowest BCUT2D eigenvalue weighted by molar-refractivity contribution is -0.274. The summed E-state index contributed by atoms with van der Waals surface area (Å²) >= 11 is 17.3. The van der Waals surface area contributed by atoms with Crippen LogP contribution in [0.4, 0.5) is 13.2 Å². The Morgan fingerprint density at radius 2 is 1.95 bits per heavy atom. The quantitative estimate of drug-likeness (QED) is 0.832. The summed E-state index contributed by atoms with van der Waals surface area (Å²) in [6.45, 7) is 0. The van der Waals surface area contributed by atoms with Crippen LogP contribution in [0.1, 0.15) is 11.5 Å². The van der Waals surface area contributed by atoms with Crippen molar-refractivity contribution in [3.05, 3.63) is 28.8 Å². The maximum atomic E-state index is 12.1. The Hall–Kier alpha value is -0.850. The Morgan fingerprint density at radius 1 is 1.35 bits per heavy atom. The molecule has 2 rings (SSSR count). The number of aliphatic carboxylic acids is 1. The second-order valence-corrected chi connectivity index (χ2v) is 6.06. The van der Waals surface area contributed by atoms with E-state index in [0.717, 1.165) is 12.1 Å². The molecule has 0 unspecified atom stereocenters. The number of halogens is 6. The minimum atomic E-state index is -4.86. The molecule has 3 nitrogen and oxygen atoms in total. The minimum Gasteiger partial charge on any atom is -0.481 e. The van der Waals surface area contributed by atoms with E-state index < -0.39 is 34.3 Å². The summed E-state index contributed by atoms with van der Waals surface area (Å²) in [6.07, 6.45) is -4.86. The van der Waals surface area contributed by atoms with Gasteiger partial charge in [0.2, 0.25) is 0 Å². The molecule has 0 heterocycles. The lowest BCUT2D eigenvalue weighted by Gasteiger charge is -2.11. The third kappa shape index (κ3) is 2.92. The molecule has 1 aromatic carbocycles. The molecule has 0 spiro atoms. The monoisotopic (exact) mass is 348 g/mol. The van der Waals surface area contributed by atoms with E-state index >= 15 is 0 Å². The van der Waals surface area contributed by atoms with E-state index in [1.807, 2.05) is 0 Å². The fraction of sp³-hybridized carbons (Fsp3) is 0.364. The van der Waals surface area contributed by atoms with Crippen molar-refractivity contribution in [2.24, 2.45) is 5.92 Å². The van der Waals surface area contributed by atoms with E-state index in [9.17, 15) is 18.0 Å². The molecule has 0 aliphatic heterocycles. The van der Waals surface area contributed by atoms with E-state index in [4.69, 9.17) is 39.9 Å². The summed E-state index contributed by atoms with van der Waals surface area (Å²) in [5, 5.41) is 8.62. The van der Waals surface area contributed by atoms with E-state index in [2.05, 4.69) is 4.74 Å². The first-order valence-electron chi connectivity index (χ1n) is 5.20. The molecule has 1 saturated carbocycles. The van der Waals surface area contributed by atoms with Crippen molar-refractivity contribution in [3.63, 3.8) is 0 Å². The van der Waals surface area contributed by atoms with Crippen LogP contribution in [-0.2, 0) is 4.79 Å². The van der Waals surface area contributed by atoms with Crippen LogP contribution in [0.2, 0.25) is 5.02 Å². The van der Waals surface area contributed by atoms with Crippen LogP contribution in [-0.4, -0.2) is 21.8 Å². The largest absolute Gasteiger partial charge is 0.573 e. The highest BCUT2D eigenvalue weighted by atomic mass is 35.5. The molecule has 0 aromatic heterocycles. The van der Waals surface area contributed by atoms with Crippen molar-refractivity contribution < 1.29 is 27.8 Å². The van der Waals surface area contributed by atoms with Crippen LogP contribution < -0.4 is 4.74 Å². The zero-order valence-electron chi connectivity index (χ0n) is 9.42. The molecule has 0 bridgehead atoms. The third-order valence-corrected chi connectivity index (χ3v) is 4.10. The molecule has 0 amide bonds. The molecule has 20 heavy (non-hydrogen) atoms. The first kappa shape index (κ1) is 15.5. The van der Waals surface area contributed by atoms with Gasteiger partial charge >= 0.3 is 12.3 Å². The van der Waals surface area contributed by atoms with Gasteiger partial charge in [-0.05, 0) is 17.7 Å². The lowest BCUT2D eigenvalue weighted by atomic mass is 10.1. The number of benzene rings is 1. The molecule has 110 valence electrons. The Balaban J connectivity index is 2.25. The van der Waals surface area contributed by atoms with E-state index in [1.165, 1.54) is 6.07 Å². The van der Waals surface area contributed by atoms with Gasteiger partial charge in [-0.3, -0.25) is 4.79 Å². The fourth-order valence-corrected chi connectivity index (χ4v) is 3.01. The Morgan fingerprint density at radius 3 is 2.35 bits per heavy atom. The molecule has 9 heteroatoms. The molecular weight excluding hydrogens is 343 g/mol. The van der Waals surface area contributed by atoms with Crippen LogP contribution >= 0.6 is 34.8 Å². The Bertz CT molecular complexity index is 560. The topological polar surface area (TPSA) is 46.5 Å². The van der Waals surface area contributed by atoms with Gasteiger partial charge < -0.3 is 9.84 Å². The molecule has 1 N–H and O–H groups in total. The van der Waals surface area contributed by atoms with Crippen molar-refractivity contribution in [1.82, 2.24) is 0 Å². The van der Waals surface area contributed by atoms with Gasteiger partial charge in [0.05, 0.1) is 10.9 Å². The first-order valence-corrected chi connectivity index (χ1v) is 6.33. The lowest BCUT2D eigenvalue weighted by Crippen LogP contribution is -2.17. The Labute approximate surface area is 126 Å². The molecular formula is C11H6Cl3F3O3. The van der Waals surface area contributed by atoms with Crippen molar-refractivity contribution in [2.45, 2.75) is 16.6 Å². The number of hydrogen-bond acceptors (Lipinski definition) is 2. The first-order chi connectivity index (χ1) is 9.04. The van der Waals surface area contributed by atoms with Gasteiger partial charge in [0.15, 0.2) is 0 Å². The summed E-state index contributed by atoms with van der Waals surface area (Å²) in [5.41, 5.74) is 0.335. The van der Waals surface area contributed by atoms with Crippen LogP contribution in [0.5, 0.6) is 5.75 Å². The van der Waals surface area contributed by atoms with Gasteiger partial charge in [0.25, 0.3) is 0 Å². The van der Waals surface area contributed by atoms with Gasteiger partial charge in [-0.25, -0.2) is 0 Å². The van der Waals surface area contributed by atoms with E-state index in [1.54, 1.807) is 0 Å². The van der Waals surface area contributed by atoms with Crippen LogP contribution in [0.3, 0.4) is 0 Å². The molecule has 1 aromatic rings. The van der Waals surface area contributed by atoms with E-state index in [0.29, 0.717) is 5.56 Å². The summed E-state index contributed by atoms with van der Waals surface area (Å²) in [5.74, 6) is -3.53. The second kappa shape index (κ2) is 4.86. The van der Waals surface area contributed by atoms with Gasteiger partial charge in [-0.1, -0.05) is 40.9 Å². The highest BCUT2D eigenvalue weighted by Gasteiger charge is 2.68. The van der Waals surface area contributed by atoms with Crippen LogP contribution in [0.15, 0.2) is 18.2 Å². The number of carboxylic acids is 1. The number of carbonyl (C=O) groups is 1. The average Bonchev–Trinajstić information content (AvgIpc) is 2.83. The van der Waals surface area contributed by atoms with Crippen LogP contribution in [0.25, 0.3) is 0 Å². The van der Waals surface area contributed by atoms with Gasteiger partial charge in [-0.2, -0.15) is 0 Å².